The summed E-state index contributed by atoms with van der Waals surface area (Å²) in [6, 6.07) is 19.4. The largest absolute Gasteiger partial charge is 0.493 e. The van der Waals surface area contributed by atoms with Crippen molar-refractivity contribution in [2.45, 2.75) is 139 Å². The number of hydrogen-bond donors (Lipinski definition) is 14. The van der Waals surface area contributed by atoms with E-state index in [1.54, 1.807) is 26.0 Å². The zero-order chi connectivity index (χ0) is 80.2. The molecule has 2 aliphatic heterocycles. The van der Waals surface area contributed by atoms with Gasteiger partial charge in [0.1, 0.15) is 40.8 Å². The number of carbonyl (C=O) groups is 8. The Morgan fingerprint density at radius 3 is 2.11 bits per heavy atom. The topological polar surface area (TPSA) is 463 Å². The number of fused-ring (bicyclic) bond motifs is 6. The van der Waals surface area contributed by atoms with Gasteiger partial charge in [-0.1, -0.05) is 50.3 Å². The van der Waals surface area contributed by atoms with Gasteiger partial charge < -0.3 is 96.0 Å². The van der Waals surface area contributed by atoms with Crippen molar-refractivity contribution in [1.82, 2.24) is 41.5 Å². The van der Waals surface area contributed by atoms with Gasteiger partial charge in [-0.3, -0.25) is 44.1 Å². The average molecular weight is 1580 g/mol. The minimum atomic E-state index is -4.19. The molecule has 111 heavy (non-hydrogen) atoms. The Kier molecular flexibility index (Phi) is 32.4. The van der Waals surface area contributed by atoms with Crippen LogP contribution in [0.25, 0.3) is 11.1 Å². The van der Waals surface area contributed by atoms with Crippen molar-refractivity contribution in [2.75, 3.05) is 91.9 Å². The van der Waals surface area contributed by atoms with Crippen molar-refractivity contribution in [2.24, 2.45) is 10.3 Å². The number of anilines is 6. The van der Waals surface area contributed by atoms with Crippen molar-refractivity contribution in [3.05, 3.63) is 138 Å². The minimum Gasteiger partial charge on any atom is -0.493 e. The molecule has 4 bridgehead atoms. The summed E-state index contributed by atoms with van der Waals surface area (Å²) in [5.74, 6) is -5.73. The Bertz CT molecular complexity index is 4450. The van der Waals surface area contributed by atoms with Gasteiger partial charge in [0.15, 0.2) is 0 Å². The Hall–Kier alpha value is -10.7. The lowest BCUT2D eigenvalue weighted by atomic mass is 9.98. The first-order valence-electron chi connectivity index (χ1n) is 36.0. The molecule has 0 saturated carbocycles. The van der Waals surface area contributed by atoms with Crippen LogP contribution >= 0.6 is 0 Å². The van der Waals surface area contributed by atoms with Crippen LogP contribution in [0, 0.1) is 22.3 Å². The number of ether oxygens (including phenoxy) is 5. The molecule has 1 unspecified atom stereocenters. The molecule has 8 rings (SSSR count). The van der Waals surface area contributed by atoms with Crippen molar-refractivity contribution in [3.8, 4) is 22.8 Å². The van der Waals surface area contributed by atoms with Gasteiger partial charge in [-0.2, -0.15) is 4.98 Å². The van der Waals surface area contributed by atoms with E-state index in [9.17, 15) is 66.5 Å². The smallest absolute Gasteiger partial charge is 0.319 e. The Morgan fingerprint density at radius 2 is 1.41 bits per heavy atom. The quantitative estimate of drug-likeness (QED) is 0.0130. The number of rotatable bonds is 35. The molecular formula is C74H94F2N15O18S2-. The molecule has 2 aliphatic rings. The van der Waals surface area contributed by atoms with Crippen molar-refractivity contribution in [3.63, 3.8) is 0 Å². The second kappa shape index (κ2) is 41.9. The zero-order valence-electron chi connectivity index (χ0n) is 61.9. The van der Waals surface area contributed by atoms with Crippen LogP contribution in [-0.4, -0.2) is 182 Å². The van der Waals surface area contributed by atoms with Gasteiger partial charge >= 0.3 is 30.0 Å². The van der Waals surface area contributed by atoms with Gasteiger partial charge in [-0.05, 0) is 143 Å². The summed E-state index contributed by atoms with van der Waals surface area (Å²) in [4.78, 5) is 113. The molecular weight excluding hydrogens is 1490 g/mol. The van der Waals surface area contributed by atoms with Gasteiger partial charge in [0.2, 0.25) is 23.6 Å². The number of pyridine rings is 2. The molecule has 33 nitrogen and oxygen atoms in total. The molecule has 4 aromatic carbocycles. The number of sulfonamides is 1. The number of carboxylic acid groups (broad SMARTS) is 2. The molecule has 14 N–H and O–H groups in total. The first kappa shape index (κ1) is 85.9. The van der Waals surface area contributed by atoms with E-state index in [-0.39, 0.29) is 135 Å². The number of nitrogens with zero attached hydrogens (tertiary/aromatic N) is 4. The second-order valence-corrected chi connectivity index (χ2v) is 29.4. The standard InChI is InChI=1S/C74H94F2N15O18S2/c1-6-25-78-71(99)83-52-14-10-16-54(39-52)111(103,104)90-53-15-9-13-48(37-53)58(41-66(93)94)84-73(101)82-51-21-19-50(20-22-51)81-72(100)79-26-30-106-32-34-107-33-31-105-29-24-64(92)85-61(42-67(95)96)74(5,102)91-27-11-17-59(91)69(97)88-68(45(2)3)70(98)89-110(77)44-47-35-63-86-62-40-56(57(76)43-80-62)55-23-18-49(75)38-60(55)108-28-8-7-12-46(4)109-65(36-47)87-63/h9-10,13-16,18-23,35-40,43,45-46,58-59,61,68,77,90,102H,6-8,11-12,17,24-34,41-42,44H2,1-5H3,(H,85,92)(H,88,97)(H,93,94)(H,95,96)(H2,78,83,99)(H2,79,81,100)(H,80,86,87)(H2,82,84,101)/q-1/t46-,58-,59+,61+,68+,74?/m1/s1. The SMILES string of the molecule is CCCNC(=O)Nc1cccc(S(=O)(=O)Nc2cccc([C@@H](CC(=O)O)NC(=O)Nc3ccc(NC(=O)NCCOCCOCCOCCC(=O)N[C@@H](CC(=O)O)C(C)(O)N4CCC[C@H]4C(=O)N[C@H](C(=O)N=[S-](=N)Cc4cc5nc(c4)O[C@H](C)CCCCOc4cc(F)ccc4-c4cc(ncc4F)N5)C(C)C)cc3)c2)c1. The second-order valence-electron chi connectivity index (χ2n) is 26.6. The van der Waals surface area contributed by atoms with Gasteiger partial charge in [0, 0.05) is 72.1 Å². The number of amides is 9. The van der Waals surface area contributed by atoms with Crippen LogP contribution in [0.4, 0.5) is 57.5 Å². The Labute approximate surface area is 642 Å². The molecule has 0 spiro atoms. The number of aliphatic carboxylic acids is 2. The van der Waals surface area contributed by atoms with Crippen LogP contribution in [0.3, 0.4) is 0 Å². The first-order valence-corrected chi connectivity index (χ1v) is 38.8. The van der Waals surface area contributed by atoms with Gasteiger partial charge in [0.05, 0.1) is 94.4 Å². The molecule has 1 saturated heterocycles. The average Bonchev–Trinajstić information content (AvgIpc) is 1.75. The third-order valence-corrected chi connectivity index (χ3v) is 19.7. The summed E-state index contributed by atoms with van der Waals surface area (Å²) >= 11 is 0. The summed E-state index contributed by atoms with van der Waals surface area (Å²) in [5.41, 5.74) is 0.0775. The van der Waals surface area contributed by atoms with E-state index in [0.29, 0.717) is 61.2 Å². The lowest BCUT2D eigenvalue weighted by Crippen LogP contribution is -2.65. The number of likely N-dealkylation sites (tertiary alicyclic amines) is 1. The number of nitrogens with one attached hydrogen (secondary N) is 11. The number of aliphatic hydroxyl groups is 1. The molecule has 6 aromatic rings. The normalized spacial score (nSPS) is 16.1. The van der Waals surface area contributed by atoms with Crippen LogP contribution < -0.4 is 62.0 Å². The highest BCUT2D eigenvalue weighted by atomic mass is 32.2. The number of hydrogen-bond acceptors (Lipinski definition) is 22. The number of halogens is 2. The molecule has 0 radical (unpaired) electrons. The highest BCUT2D eigenvalue weighted by Gasteiger charge is 2.48. The monoisotopic (exact) mass is 1580 g/mol. The van der Waals surface area contributed by atoms with E-state index < -0.39 is 129 Å². The summed E-state index contributed by atoms with van der Waals surface area (Å²) in [5, 5.41) is 55.9. The van der Waals surface area contributed by atoms with E-state index in [0.717, 1.165) is 6.20 Å². The molecule has 6 atom stereocenters. The number of carboxylic acids is 2. The number of benzene rings is 4. The highest BCUT2D eigenvalue weighted by Crippen LogP contribution is 2.36. The van der Waals surface area contributed by atoms with Crippen molar-refractivity contribution >= 4 is 103 Å². The van der Waals surface area contributed by atoms with Crippen LogP contribution in [0.5, 0.6) is 11.6 Å². The van der Waals surface area contributed by atoms with E-state index in [1.807, 2.05) is 13.8 Å². The maximum absolute atomic E-state index is 15.4. The number of aromatic nitrogens is 2. The van der Waals surface area contributed by atoms with Crippen LogP contribution in [0.15, 0.2) is 125 Å². The fourth-order valence-electron chi connectivity index (χ4n) is 11.8. The molecule has 0 aliphatic carbocycles. The fourth-order valence-corrected chi connectivity index (χ4v) is 13.8. The molecule has 9 amide bonds. The molecule has 4 heterocycles. The van der Waals surface area contributed by atoms with Crippen molar-refractivity contribution in [1.29, 1.82) is 4.78 Å². The van der Waals surface area contributed by atoms with Crippen molar-refractivity contribution < 1.29 is 94.6 Å². The molecule has 37 heteroatoms. The lowest BCUT2D eigenvalue weighted by Gasteiger charge is -2.43. The maximum atomic E-state index is 15.4. The molecule has 600 valence electrons. The van der Waals surface area contributed by atoms with E-state index in [4.69, 9.17) is 28.5 Å². The van der Waals surface area contributed by atoms with Crippen LogP contribution in [0.1, 0.15) is 110 Å². The predicted molar refractivity (Wildman–Crippen MR) is 408 cm³/mol. The van der Waals surface area contributed by atoms with Crippen LogP contribution in [-0.2, 0) is 64.4 Å². The van der Waals surface area contributed by atoms with Gasteiger partial charge in [-0.15, -0.1) is 0 Å². The molecule has 2 aromatic heterocycles. The number of carbonyl (C=O) groups excluding carboxylic acids is 6. The van der Waals surface area contributed by atoms with Gasteiger partial charge in [-0.25, -0.2) is 36.6 Å². The van der Waals surface area contributed by atoms with Gasteiger partial charge in [0.25, 0.3) is 10.0 Å². The van der Waals surface area contributed by atoms with E-state index >= 15 is 4.39 Å². The third kappa shape index (κ3) is 27.4. The first-order chi connectivity index (χ1) is 53.0. The van der Waals surface area contributed by atoms with E-state index in [2.05, 4.69) is 66.9 Å². The summed E-state index contributed by atoms with van der Waals surface area (Å²) in [7, 11) is -5.92. The number of urea groups is 3. The highest BCUT2D eigenvalue weighted by molar-refractivity contribution is 7.92. The maximum Gasteiger partial charge on any atom is 0.319 e. The summed E-state index contributed by atoms with van der Waals surface area (Å²) in [6.45, 7) is 9.91. The Balaban J connectivity index is 0.720. The Morgan fingerprint density at radius 1 is 0.739 bits per heavy atom. The lowest BCUT2D eigenvalue weighted by molar-refractivity contribution is -0.159. The van der Waals surface area contributed by atoms with E-state index in [1.165, 1.54) is 109 Å². The third-order valence-electron chi connectivity index (χ3n) is 17.3. The predicted octanol–water partition coefficient (Wildman–Crippen LogP) is 9.29. The summed E-state index contributed by atoms with van der Waals surface area (Å²) in [6.07, 6.45) is 2.35. The minimum absolute atomic E-state index is 0.0768. The summed E-state index contributed by atoms with van der Waals surface area (Å²) < 4.78 is 101. The fraction of sp³-hybridized carbons (Fsp3) is 0.432. The zero-order valence-corrected chi connectivity index (χ0v) is 63.5. The molecule has 1 fully saturated rings. The van der Waals surface area contributed by atoms with Crippen LogP contribution in [0.2, 0.25) is 0 Å².